The number of hydrogen-bond donors (Lipinski definition) is 0. The van der Waals surface area contributed by atoms with E-state index >= 15 is 0 Å². The van der Waals surface area contributed by atoms with Crippen LogP contribution in [0.4, 0.5) is 0 Å². The van der Waals surface area contributed by atoms with Gasteiger partial charge in [0, 0.05) is 5.92 Å². The van der Waals surface area contributed by atoms with E-state index in [9.17, 15) is 8.42 Å². The van der Waals surface area contributed by atoms with Crippen LogP contribution in [0.2, 0.25) is 0 Å². The molecule has 0 N–H and O–H groups in total. The molecule has 0 aliphatic carbocycles. The lowest BCUT2D eigenvalue weighted by Crippen LogP contribution is -2.25. The van der Waals surface area contributed by atoms with Crippen molar-refractivity contribution in [3.8, 4) is 0 Å². The quantitative estimate of drug-likeness (QED) is 0.757. The summed E-state index contributed by atoms with van der Waals surface area (Å²) in [7, 11) is -3.68. The molecule has 20 heavy (non-hydrogen) atoms. The zero-order chi connectivity index (χ0) is 15.4. The van der Waals surface area contributed by atoms with Crippen molar-refractivity contribution < 1.29 is 17.3 Å². The molecule has 1 atom stereocenters. The number of rotatable bonds is 6. The molecule has 0 saturated carbocycles. The molecule has 114 valence electrons. The molecule has 4 nitrogen and oxygen atoms in total. The Labute approximate surface area is 122 Å². The minimum Gasteiger partial charge on any atom is -0.375 e. The Bertz CT molecular complexity index is 512. The molecule has 0 spiro atoms. The first-order chi connectivity index (χ1) is 9.10. The fraction of sp³-hybridized carbons (Fsp3) is 0.600. The minimum atomic E-state index is -3.68. The minimum absolute atomic E-state index is 0.00875. The molecule has 0 fully saturated rings. The summed E-state index contributed by atoms with van der Waals surface area (Å²) in [4.78, 5) is 0.187. The van der Waals surface area contributed by atoms with Crippen molar-refractivity contribution in [3.63, 3.8) is 0 Å². The van der Waals surface area contributed by atoms with Crippen molar-refractivity contribution in [2.45, 2.75) is 45.1 Å². The van der Waals surface area contributed by atoms with Crippen LogP contribution in [0.15, 0.2) is 29.2 Å². The van der Waals surface area contributed by atoms with Gasteiger partial charge in [0.1, 0.15) is 0 Å². The molecule has 0 heterocycles. The Kier molecular flexibility index (Phi) is 5.74. The highest BCUT2D eigenvalue weighted by molar-refractivity contribution is 7.86. The van der Waals surface area contributed by atoms with E-state index in [1.807, 2.05) is 34.6 Å². The molecule has 0 amide bonds. The fourth-order valence-electron chi connectivity index (χ4n) is 1.42. The van der Waals surface area contributed by atoms with Gasteiger partial charge in [0.25, 0.3) is 10.1 Å². The van der Waals surface area contributed by atoms with Gasteiger partial charge in [0.2, 0.25) is 0 Å². The van der Waals surface area contributed by atoms with Crippen molar-refractivity contribution in [3.05, 3.63) is 29.8 Å². The third-order valence-electron chi connectivity index (χ3n) is 2.62. The molecule has 0 unspecified atom stereocenters. The number of benzene rings is 1. The monoisotopic (exact) mass is 300 g/mol. The van der Waals surface area contributed by atoms with E-state index in [2.05, 4.69) is 0 Å². The van der Waals surface area contributed by atoms with Crippen LogP contribution in [0, 0.1) is 12.8 Å². The summed E-state index contributed by atoms with van der Waals surface area (Å²) in [6.45, 7) is 10.3. The summed E-state index contributed by atoms with van der Waals surface area (Å²) in [5.41, 5.74) is 0.778. The van der Waals surface area contributed by atoms with Crippen LogP contribution in [-0.2, 0) is 19.0 Å². The maximum Gasteiger partial charge on any atom is 0.296 e. The summed E-state index contributed by atoms with van der Waals surface area (Å²) in [6.07, 6.45) is 0. The van der Waals surface area contributed by atoms with Crippen LogP contribution in [0.1, 0.15) is 33.3 Å². The Balaban J connectivity index is 2.53. The lowest BCUT2D eigenvalue weighted by Gasteiger charge is -2.22. The topological polar surface area (TPSA) is 52.6 Å². The Morgan fingerprint density at radius 3 is 2.15 bits per heavy atom. The molecular weight excluding hydrogens is 276 g/mol. The van der Waals surface area contributed by atoms with Crippen molar-refractivity contribution >= 4 is 10.1 Å². The van der Waals surface area contributed by atoms with Crippen molar-refractivity contribution in [2.75, 3.05) is 13.2 Å². The molecule has 0 aromatic heterocycles. The van der Waals surface area contributed by atoms with Crippen LogP contribution < -0.4 is 0 Å². The van der Waals surface area contributed by atoms with Crippen LogP contribution in [0.3, 0.4) is 0 Å². The van der Waals surface area contributed by atoms with Gasteiger partial charge in [-0.15, -0.1) is 0 Å². The van der Waals surface area contributed by atoms with E-state index < -0.39 is 10.1 Å². The molecule has 0 aliphatic rings. The van der Waals surface area contributed by atoms with E-state index in [4.69, 9.17) is 8.92 Å². The predicted molar refractivity (Wildman–Crippen MR) is 79.2 cm³/mol. The highest BCUT2D eigenvalue weighted by Crippen LogP contribution is 2.15. The van der Waals surface area contributed by atoms with Crippen molar-refractivity contribution in [1.29, 1.82) is 0 Å². The zero-order valence-corrected chi connectivity index (χ0v) is 13.7. The van der Waals surface area contributed by atoms with Gasteiger partial charge >= 0.3 is 0 Å². The largest absolute Gasteiger partial charge is 0.375 e. The van der Waals surface area contributed by atoms with Crippen LogP contribution >= 0.6 is 0 Å². The maximum absolute atomic E-state index is 12.0. The van der Waals surface area contributed by atoms with Crippen molar-refractivity contribution in [2.24, 2.45) is 5.92 Å². The fourth-order valence-corrected chi connectivity index (χ4v) is 2.44. The van der Waals surface area contributed by atoms with Gasteiger partial charge in [0.15, 0.2) is 0 Å². The van der Waals surface area contributed by atoms with Crippen LogP contribution in [0.5, 0.6) is 0 Å². The second-order valence-corrected chi connectivity index (χ2v) is 7.70. The number of ether oxygens (including phenoxy) is 1. The van der Waals surface area contributed by atoms with E-state index in [1.165, 1.54) is 0 Å². The second kappa shape index (κ2) is 6.70. The second-order valence-electron chi connectivity index (χ2n) is 6.08. The first-order valence-electron chi connectivity index (χ1n) is 6.70. The SMILES string of the molecule is Cc1ccc(S(=O)(=O)OC[C@@H](C)COC(C)(C)C)cc1. The Morgan fingerprint density at radius 1 is 1.10 bits per heavy atom. The zero-order valence-electron chi connectivity index (χ0n) is 12.8. The van der Waals surface area contributed by atoms with E-state index in [-0.39, 0.29) is 23.0 Å². The third-order valence-corrected chi connectivity index (χ3v) is 3.91. The normalized spacial score (nSPS) is 14.2. The lowest BCUT2D eigenvalue weighted by molar-refractivity contribution is -0.0253. The highest BCUT2D eigenvalue weighted by atomic mass is 32.2. The first-order valence-corrected chi connectivity index (χ1v) is 8.11. The molecule has 0 aliphatic heterocycles. The lowest BCUT2D eigenvalue weighted by atomic mass is 10.1. The summed E-state index contributed by atoms with van der Waals surface area (Å²) >= 11 is 0. The van der Waals surface area contributed by atoms with Gasteiger partial charge in [-0.25, -0.2) is 0 Å². The van der Waals surface area contributed by atoms with E-state index in [0.29, 0.717) is 6.61 Å². The molecule has 1 aromatic rings. The number of aryl methyl sites for hydroxylation is 1. The van der Waals surface area contributed by atoms with Gasteiger partial charge in [-0.3, -0.25) is 4.18 Å². The average Bonchev–Trinajstić information content (AvgIpc) is 2.34. The number of hydrogen-bond acceptors (Lipinski definition) is 4. The van der Waals surface area contributed by atoms with Crippen LogP contribution in [0.25, 0.3) is 0 Å². The van der Waals surface area contributed by atoms with Gasteiger partial charge in [0.05, 0.1) is 23.7 Å². The van der Waals surface area contributed by atoms with Crippen LogP contribution in [-0.4, -0.2) is 27.2 Å². The average molecular weight is 300 g/mol. The van der Waals surface area contributed by atoms with Crippen molar-refractivity contribution in [1.82, 2.24) is 0 Å². The standard InChI is InChI=1S/C15H24O4S/c1-12-6-8-14(9-7-12)20(16,17)19-11-13(2)10-18-15(3,4)5/h6-9,13H,10-11H2,1-5H3/t13-/m0/s1. The molecular formula is C15H24O4S. The first kappa shape index (κ1) is 17.1. The molecule has 0 radical (unpaired) electrons. The summed E-state index contributed by atoms with van der Waals surface area (Å²) in [6, 6.07) is 6.62. The Hall–Kier alpha value is -0.910. The van der Waals surface area contributed by atoms with Gasteiger partial charge < -0.3 is 4.74 Å². The van der Waals surface area contributed by atoms with Gasteiger partial charge in [-0.2, -0.15) is 8.42 Å². The molecule has 0 saturated heterocycles. The van der Waals surface area contributed by atoms with Gasteiger partial charge in [-0.05, 0) is 39.8 Å². The summed E-state index contributed by atoms with van der Waals surface area (Å²) in [5.74, 6) is 0.00875. The third kappa shape index (κ3) is 6.03. The highest BCUT2D eigenvalue weighted by Gasteiger charge is 2.18. The van der Waals surface area contributed by atoms with Gasteiger partial charge in [-0.1, -0.05) is 24.6 Å². The predicted octanol–water partition coefficient (Wildman–Crippen LogP) is 3.15. The smallest absolute Gasteiger partial charge is 0.296 e. The molecule has 5 heteroatoms. The Morgan fingerprint density at radius 2 is 1.65 bits per heavy atom. The molecule has 1 rings (SSSR count). The molecule has 0 bridgehead atoms. The van der Waals surface area contributed by atoms with E-state index in [0.717, 1.165) is 5.56 Å². The van der Waals surface area contributed by atoms with E-state index in [1.54, 1.807) is 24.3 Å². The summed E-state index contributed by atoms with van der Waals surface area (Å²) < 4.78 is 34.6. The summed E-state index contributed by atoms with van der Waals surface area (Å²) in [5, 5.41) is 0. The maximum atomic E-state index is 12.0. The molecule has 1 aromatic carbocycles.